The van der Waals surface area contributed by atoms with Gasteiger partial charge in [-0.25, -0.2) is 10.8 Å². The van der Waals surface area contributed by atoms with Crippen molar-refractivity contribution in [2.45, 2.75) is 37.5 Å². The molecule has 0 aliphatic heterocycles. The molecule has 2 rings (SSSR count). The van der Waals surface area contributed by atoms with E-state index in [0.29, 0.717) is 11.9 Å². The van der Waals surface area contributed by atoms with E-state index < -0.39 is 0 Å². The van der Waals surface area contributed by atoms with Crippen molar-refractivity contribution >= 4 is 23.4 Å². The topological polar surface area (TPSA) is 63.0 Å². The Morgan fingerprint density at radius 2 is 2.24 bits per heavy atom. The Bertz CT molecular complexity index is 358. The minimum absolute atomic E-state index is 0.555. The monoisotopic (exact) mass is 252 g/mol. The summed E-state index contributed by atoms with van der Waals surface area (Å²) in [7, 11) is 0. The van der Waals surface area contributed by atoms with E-state index in [1.807, 2.05) is 18.2 Å². The van der Waals surface area contributed by atoms with Gasteiger partial charge in [0.1, 0.15) is 11.6 Å². The number of rotatable bonds is 5. The lowest BCUT2D eigenvalue weighted by molar-refractivity contribution is 0.752. The second-order valence-corrected chi connectivity index (χ2v) is 5.86. The highest BCUT2D eigenvalue weighted by atomic mass is 32.2. The van der Waals surface area contributed by atoms with Crippen LogP contribution < -0.4 is 16.6 Å². The summed E-state index contributed by atoms with van der Waals surface area (Å²) in [6, 6.07) is 6.36. The smallest absolute Gasteiger partial charge is 0.142 e. The third kappa shape index (κ3) is 3.51. The zero-order valence-corrected chi connectivity index (χ0v) is 11.0. The third-order valence-electron chi connectivity index (χ3n) is 3.04. The van der Waals surface area contributed by atoms with Gasteiger partial charge >= 0.3 is 0 Å². The highest BCUT2D eigenvalue weighted by molar-refractivity contribution is 7.99. The number of nitrogens with two attached hydrogens (primary N) is 1. The Kier molecular flexibility index (Phi) is 4.50. The van der Waals surface area contributed by atoms with Crippen molar-refractivity contribution in [3.8, 4) is 0 Å². The van der Waals surface area contributed by atoms with Crippen LogP contribution >= 0.6 is 11.8 Å². The predicted octanol–water partition coefficient (Wildman–Crippen LogP) is 2.45. The van der Waals surface area contributed by atoms with E-state index in [-0.39, 0.29) is 0 Å². The Labute approximate surface area is 107 Å². The molecule has 4 N–H and O–H groups in total. The average molecular weight is 252 g/mol. The number of thioether (sulfide) groups is 1. The van der Waals surface area contributed by atoms with Crippen molar-refractivity contribution < 1.29 is 0 Å². The lowest BCUT2D eigenvalue weighted by Gasteiger charge is -2.14. The fourth-order valence-corrected chi connectivity index (χ4v) is 3.41. The first-order valence-corrected chi connectivity index (χ1v) is 7.18. The van der Waals surface area contributed by atoms with E-state index in [0.717, 1.165) is 11.1 Å². The molecule has 4 nitrogen and oxygen atoms in total. The molecule has 1 fully saturated rings. The van der Waals surface area contributed by atoms with E-state index in [9.17, 15) is 0 Å². The number of hydrazine groups is 1. The highest BCUT2D eigenvalue weighted by Crippen LogP contribution is 2.31. The zero-order chi connectivity index (χ0) is 12.1. The van der Waals surface area contributed by atoms with Crippen molar-refractivity contribution in [2.75, 3.05) is 16.5 Å². The maximum absolute atomic E-state index is 5.34. The molecule has 1 aliphatic carbocycles. The summed E-state index contributed by atoms with van der Waals surface area (Å²) in [5.74, 6) is 8.17. The highest BCUT2D eigenvalue weighted by Gasteiger charge is 2.24. The van der Waals surface area contributed by atoms with Crippen molar-refractivity contribution in [2.24, 2.45) is 5.84 Å². The van der Waals surface area contributed by atoms with Gasteiger partial charge in [0.25, 0.3) is 0 Å². The molecule has 5 heteroatoms. The van der Waals surface area contributed by atoms with E-state index in [2.05, 4.69) is 34.4 Å². The van der Waals surface area contributed by atoms with Gasteiger partial charge in [0.15, 0.2) is 0 Å². The summed E-state index contributed by atoms with van der Waals surface area (Å²) < 4.78 is 0. The molecule has 0 aromatic carbocycles. The molecule has 1 aromatic heterocycles. The number of hydrogen-bond acceptors (Lipinski definition) is 5. The fraction of sp³-hybridized carbons (Fsp3) is 0.583. The molecular weight excluding hydrogens is 232 g/mol. The number of hydrogen-bond donors (Lipinski definition) is 3. The van der Waals surface area contributed by atoms with Crippen LogP contribution in [-0.2, 0) is 0 Å². The van der Waals surface area contributed by atoms with Crippen molar-refractivity contribution in [3.05, 3.63) is 18.2 Å². The molecular formula is C12H20N4S. The summed E-state index contributed by atoms with van der Waals surface area (Å²) in [6.45, 7) is 2.23. The molecule has 0 bridgehead atoms. The molecule has 0 saturated heterocycles. The van der Waals surface area contributed by atoms with Gasteiger partial charge < -0.3 is 10.7 Å². The maximum Gasteiger partial charge on any atom is 0.142 e. The Hall–Kier alpha value is -0.940. The fourth-order valence-electron chi connectivity index (χ4n) is 2.26. The number of nitrogens with zero attached hydrogens (tertiary/aromatic N) is 1. The van der Waals surface area contributed by atoms with Crippen LogP contribution in [-0.4, -0.2) is 22.0 Å². The first-order chi connectivity index (χ1) is 8.31. The molecule has 1 heterocycles. The van der Waals surface area contributed by atoms with Crippen molar-refractivity contribution in [1.29, 1.82) is 0 Å². The van der Waals surface area contributed by atoms with E-state index in [1.54, 1.807) is 0 Å². The van der Waals surface area contributed by atoms with Gasteiger partial charge in [-0.15, -0.1) is 0 Å². The van der Waals surface area contributed by atoms with E-state index in [4.69, 9.17) is 5.84 Å². The Morgan fingerprint density at radius 3 is 3.00 bits per heavy atom. The molecule has 1 aromatic rings. The van der Waals surface area contributed by atoms with Gasteiger partial charge in [-0.1, -0.05) is 13.0 Å². The van der Waals surface area contributed by atoms with Gasteiger partial charge in [0.05, 0.1) is 0 Å². The van der Waals surface area contributed by atoms with Crippen LogP contribution in [0.2, 0.25) is 0 Å². The number of nitrogens with one attached hydrogen (secondary N) is 2. The van der Waals surface area contributed by atoms with Gasteiger partial charge in [-0.2, -0.15) is 11.8 Å². The largest absolute Gasteiger partial charge is 0.367 e. The van der Waals surface area contributed by atoms with Crippen LogP contribution in [0.15, 0.2) is 18.2 Å². The van der Waals surface area contributed by atoms with Crippen LogP contribution in [0.4, 0.5) is 11.6 Å². The summed E-state index contributed by atoms with van der Waals surface area (Å²) in [4.78, 5) is 4.37. The molecule has 1 saturated carbocycles. The Morgan fingerprint density at radius 1 is 1.41 bits per heavy atom. The minimum atomic E-state index is 0.555. The van der Waals surface area contributed by atoms with E-state index >= 15 is 0 Å². The van der Waals surface area contributed by atoms with Crippen LogP contribution in [0.25, 0.3) is 0 Å². The molecule has 1 aliphatic rings. The molecule has 2 atom stereocenters. The van der Waals surface area contributed by atoms with Crippen LogP contribution in [0.1, 0.15) is 26.2 Å². The normalized spacial score (nSPS) is 23.6. The lowest BCUT2D eigenvalue weighted by Crippen LogP contribution is -2.17. The summed E-state index contributed by atoms with van der Waals surface area (Å²) in [5.41, 5.74) is 2.57. The molecule has 0 amide bonds. The number of aromatic nitrogens is 1. The first-order valence-electron chi connectivity index (χ1n) is 6.13. The summed E-state index contributed by atoms with van der Waals surface area (Å²) in [5, 5.41) is 4.30. The standard InChI is InChI=1S/C12H20N4S/c1-2-17-10-7-6-9(8-10)14-11-4-3-5-12(15-11)16-13/h3-5,9-10H,2,6-8,13H2,1H3,(H2,14,15,16). The Balaban J connectivity index is 1.88. The zero-order valence-electron chi connectivity index (χ0n) is 10.1. The SMILES string of the molecule is CCSC1CCC(Nc2cccc(NN)n2)C1. The van der Waals surface area contributed by atoms with Gasteiger partial charge in [-0.3, -0.25) is 0 Å². The van der Waals surface area contributed by atoms with Crippen LogP contribution in [0.5, 0.6) is 0 Å². The number of nitrogen functional groups attached to an aromatic ring is 1. The molecule has 17 heavy (non-hydrogen) atoms. The average Bonchev–Trinajstić information content (AvgIpc) is 2.77. The quantitative estimate of drug-likeness (QED) is 0.555. The van der Waals surface area contributed by atoms with Gasteiger partial charge in [0, 0.05) is 11.3 Å². The number of pyridine rings is 1. The molecule has 0 spiro atoms. The second kappa shape index (κ2) is 6.12. The first kappa shape index (κ1) is 12.5. The maximum atomic E-state index is 5.34. The predicted molar refractivity (Wildman–Crippen MR) is 75.2 cm³/mol. The summed E-state index contributed by atoms with van der Waals surface area (Å²) >= 11 is 2.07. The van der Waals surface area contributed by atoms with Crippen LogP contribution in [0.3, 0.4) is 0 Å². The second-order valence-electron chi connectivity index (χ2n) is 4.28. The van der Waals surface area contributed by atoms with Gasteiger partial charge in [0.2, 0.25) is 0 Å². The van der Waals surface area contributed by atoms with E-state index in [1.165, 1.54) is 25.0 Å². The van der Waals surface area contributed by atoms with Crippen LogP contribution in [0, 0.1) is 0 Å². The summed E-state index contributed by atoms with van der Waals surface area (Å²) in [6.07, 6.45) is 3.78. The van der Waals surface area contributed by atoms with Crippen molar-refractivity contribution in [1.82, 2.24) is 4.98 Å². The molecule has 94 valence electrons. The minimum Gasteiger partial charge on any atom is -0.367 e. The van der Waals surface area contributed by atoms with Crippen molar-refractivity contribution in [3.63, 3.8) is 0 Å². The van der Waals surface area contributed by atoms with Gasteiger partial charge in [-0.05, 0) is 37.1 Å². The number of anilines is 2. The lowest BCUT2D eigenvalue weighted by atomic mass is 10.2. The third-order valence-corrected chi connectivity index (χ3v) is 4.27. The molecule has 2 unspecified atom stereocenters. The molecule has 0 radical (unpaired) electrons.